The van der Waals surface area contributed by atoms with Crippen LogP contribution in [0, 0.1) is 6.92 Å². The van der Waals surface area contributed by atoms with Crippen molar-refractivity contribution in [2.24, 2.45) is 0 Å². The minimum absolute atomic E-state index is 0.160. The molecule has 28 heavy (non-hydrogen) atoms. The highest BCUT2D eigenvalue weighted by Crippen LogP contribution is 2.19. The van der Waals surface area contributed by atoms with Crippen molar-refractivity contribution in [3.8, 4) is 11.4 Å². The highest BCUT2D eigenvalue weighted by Gasteiger charge is 2.19. The lowest BCUT2D eigenvalue weighted by Gasteiger charge is -2.18. The van der Waals surface area contributed by atoms with E-state index in [9.17, 15) is 9.59 Å². The second-order valence-corrected chi connectivity index (χ2v) is 6.66. The van der Waals surface area contributed by atoms with Crippen LogP contribution in [0.15, 0.2) is 65.5 Å². The minimum atomic E-state index is -0.470. The van der Waals surface area contributed by atoms with Crippen LogP contribution in [-0.4, -0.2) is 40.8 Å². The Kier molecular flexibility index (Phi) is 6.11. The molecule has 0 atom stereocenters. The fourth-order valence-electron chi connectivity index (χ4n) is 2.66. The fraction of sp³-hybridized carbons (Fsp3) is 0.190. The van der Waals surface area contributed by atoms with Crippen LogP contribution >= 0.6 is 11.6 Å². The molecule has 0 spiro atoms. The number of halogens is 1. The van der Waals surface area contributed by atoms with E-state index in [2.05, 4.69) is 5.10 Å². The second-order valence-electron chi connectivity index (χ2n) is 6.25. The van der Waals surface area contributed by atoms with Crippen LogP contribution in [-0.2, 0) is 0 Å². The molecule has 3 aromatic rings. The molecule has 0 N–H and O–H groups in total. The molecule has 0 fully saturated rings. The average Bonchev–Trinajstić information content (AvgIpc) is 2.69. The zero-order chi connectivity index (χ0) is 20.1. The van der Waals surface area contributed by atoms with Crippen LogP contribution in [0.3, 0.4) is 0 Å². The van der Waals surface area contributed by atoms with E-state index < -0.39 is 11.3 Å². The largest absolute Gasteiger partial charge is 0.492 e. The van der Waals surface area contributed by atoms with Crippen LogP contribution in [0.25, 0.3) is 5.69 Å². The number of aryl methyl sites for hydroxylation is 1. The van der Waals surface area contributed by atoms with Crippen LogP contribution in [0.1, 0.15) is 16.2 Å². The van der Waals surface area contributed by atoms with Crippen molar-refractivity contribution in [1.29, 1.82) is 0 Å². The molecule has 0 aliphatic carbocycles. The normalized spacial score (nSPS) is 10.5. The van der Waals surface area contributed by atoms with Crippen LogP contribution in [0.2, 0.25) is 5.02 Å². The van der Waals surface area contributed by atoms with Gasteiger partial charge in [0.1, 0.15) is 12.4 Å². The van der Waals surface area contributed by atoms with Crippen LogP contribution in [0.5, 0.6) is 5.75 Å². The highest BCUT2D eigenvalue weighted by atomic mass is 35.5. The molecule has 2 aromatic carbocycles. The molecule has 1 heterocycles. The molecule has 0 radical (unpaired) electrons. The number of hydrogen-bond donors (Lipinski definition) is 0. The van der Waals surface area contributed by atoms with Gasteiger partial charge in [-0.25, -0.2) is 4.68 Å². The highest BCUT2D eigenvalue weighted by molar-refractivity contribution is 6.32. The zero-order valence-electron chi connectivity index (χ0n) is 15.6. The molecule has 144 valence electrons. The molecule has 6 nitrogen and oxygen atoms in total. The van der Waals surface area contributed by atoms with Gasteiger partial charge in [0.25, 0.3) is 5.91 Å². The maximum atomic E-state index is 12.7. The number of ether oxygens (including phenoxy) is 1. The lowest BCUT2D eigenvalue weighted by molar-refractivity contribution is 0.0764. The third-order valence-corrected chi connectivity index (χ3v) is 4.50. The first-order valence-corrected chi connectivity index (χ1v) is 9.14. The van der Waals surface area contributed by atoms with Crippen molar-refractivity contribution in [2.75, 3.05) is 20.2 Å². The summed E-state index contributed by atoms with van der Waals surface area (Å²) in [5.74, 6) is 0.250. The van der Waals surface area contributed by atoms with E-state index in [4.69, 9.17) is 16.3 Å². The van der Waals surface area contributed by atoms with Gasteiger partial charge in [-0.05, 0) is 31.2 Å². The Morgan fingerprint density at radius 1 is 1.14 bits per heavy atom. The standard InChI is InChI=1S/C21H20ClN3O3/c1-15-14-19(26)20(23-25(15)18-11-7-6-10-17(18)22)21(27)24(2)12-13-28-16-8-4-3-5-9-16/h3-11,14H,12-13H2,1-2H3. The van der Waals surface area contributed by atoms with Crippen molar-refractivity contribution in [3.63, 3.8) is 0 Å². The van der Waals surface area contributed by atoms with Gasteiger partial charge in [-0.3, -0.25) is 9.59 Å². The second kappa shape index (κ2) is 8.71. The van der Waals surface area contributed by atoms with E-state index >= 15 is 0 Å². The third kappa shape index (κ3) is 4.40. The molecule has 7 heteroatoms. The van der Waals surface area contributed by atoms with E-state index in [1.807, 2.05) is 36.4 Å². The van der Waals surface area contributed by atoms with E-state index in [0.29, 0.717) is 29.6 Å². The zero-order valence-corrected chi connectivity index (χ0v) is 16.4. The quantitative estimate of drug-likeness (QED) is 0.640. The SMILES string of the molecule is Cc1cc(=O)c(C(=O)N(C)CCOc2ccccc2)nn1-c1ccccc1Cl. The minimum Gasteiger partial charge on any atom is -0.492 e. The van der Waals surface area contributed by atoms with Crippen molar-refractivity contribution < 1.29 is 9.53 Å². The lowest BCUT2D eigenvalue weighted by Crippen LogP contribution is -2.36. The number of carbonyl (C=O) groups is 1. The van der Waals surface area contributed by atoms with Gasteiger partial charge in [-0.1, -0.05) is 41.9 Å². The van der Waals surface area contributed by atoms with Crippen molar-refractivity contribution in [3.05, 3.63) is 87.3 Å². The number of rotatable bonds is 6. The number of para-hydroxylation sites is 2. The number of hydrogen-bond acceptors (Lipinski definition) is 4. The lowest BCUT2D eigenvalue weighted by atomic mass is 10.2. The van der Waals surface area contributed by atoms with Crippen LogP contribution < -0.4 is 10.2 Å². The van der Waals surface area contributed by atoms with Gasteiger partial charge < -0.3 is 9.64 Å². The fourth-order valence-corrected chi connectivity index (χ4v) is 2.88. The summed E-state index contributed by atoms with van der Waals surface area (Å²) in [6.45, 7) is 2.36. The maximum Gasteiger partial charge on any atom is 0.278 e. The van der Waals surface area contributed by atoms with Crippen molar-refractivity contribution in [2.45, 2.75) is 6.92 Å². The number of likely N-dealkylation sites (N-methyl/N-ethyl adjacent to an activating group) is 1. The number of benzene rings is 2. The van der Waals surface area contributed by atoms with Crippen molar-refractivity contribution >= 4 is 17.5 Å². The molecular formula is C21H20ClN3O3. The van der Waals surface area contributed by atoms with Gasteiger partial charge in [0.2, 0.25) is 5.43 Å². The Balaban J connectivity index is 1.78. The molecule has 3 rings (SSSR count). The summed E-state index contributed by atoms with van der Waals surface area (Å²) in [4.78, 5) is 26.5. The third-order valence-electron chi connectivity index (χ3n) is 4.18. The first kappa shape index (κ1) is 19.6. The summed E-state index contributed by atoms with van der Waals surface area (Å²) in [5, 5.41) is 4.75. The van der Waals surface area contributed by atoms with E-state index in [0.717, 1.165) is 5.75 Å². The summed E-state index contributed by atoms with van der Waals surface area (Å²) in [6.07, 6.45) is 0. The summed E-state index contributed by atoms with van der Waals surface area (Å²) in [7, 11) is 1.61. The summed E-state index contributed by atoms with van der Waals surface area (Å²) in [6, 6.07) is 17.8. The molecular weight excluding hydrogens is 378 g/mol. The van der Waals surface area contributed by atoms with E-state index in [1.54, 1.807) is 32.2 Å². The number of aromatic nitrogens is 2. The maximum absolute atomic E-state index is 12.7. The van der Waals surface area contributed by atoms with E-state index in [-0.39, 0.29) is 5.69 Å². The van der Waals surface area contributed by atoms with Gasteiger partial charge >= 0.3 is 0 Å². The van der Waals surface area contributed by atoms with Gasteiger partial charge in [-0.15, -0.1) is 0 Å². The van der Waals surface area contributed by atoms with Gasteiger partial charge in [0.05, 0.1) is 17.3 Å². The van der Waals surface area contributed by atoms with Gasteiger partial charge in [-0.2, -0.15) is 5.10 Å². The molecule has 0 aliphatic rings. The molecule has 0 bridgehead atoms. The Hall–Kier alpha value is -3.12. The number of nitrogens with zero attached hydrogens (tertiary/aromatic N) is 3. The average molecular weight is 398 g/mol. The molecule has 0 saturated carbocycles. The molecule has 1 amide bonds. The molecule has 0 saturated heterocycles. The Morgan fingerprint density at radius 2 is 1.82 bits per heavy atom. The van der Waals surface area contributed by atoms with E-state index in [1.165, 1.54) is 15.6 Å². The van der Waals surface area contributed by atoms with Gasteiger partial charge in [0, 0.05) is 18.8 Å². The Labute approximate surface area is 167 Å². The number of amides is 1. The molecule has 0 unspecified atom stereocenters. The molecule has 0 aliphatic heterocycles. The topological polar surface area (TPSA) is 64.4 Å². The predicted molar refractivity (Wildman–Crippen MR) is 108 cm³/mol. The monoisotopic (exact) mass is 397 g/mol. The predicted octanol–water partition coefficient (Wildman–Crippen LogP) is 3.35. The van der Waals surface area contributed by atoms with Crippen LogP contribution in [0.4, 0.5) is 0 Å². The Morgan fingerprint density at radius 3 is 2.54 bits per heavy atom. The number of carbonyl (C=O) groups excluding carboxylic acids is 1. The first-order chi connectivity index (χ1) is 13.5. The summed E-state index contributed by atoms with van der Waals surface area (Å²) >= 11 is 6.24. The van der Waals surface area contributed by atoms with Gasteiger partial charge in [0.15, 0.2) is 5.69 Å². The molecule has 1 aromatic heterocycles. The Bertz CT molecular complexity index is 1030. The smallest absolute Gasteiger partial charge is 0.278 e. The summed E-state index contributed by atoms with van der Waals surface area (Å²) in [5.41, 5.74) is 0.602. The van der Waals surface area contributed by atoms with Crippen molar-refractivity contribution in [1.82, 2.24) is 14.7 Å². The summed E-state index contributed by atoms with van der Waals surface area (Å²) < 4.78 is 7.11. The first-order valence-electron chi connectivity index (χ1n) is 8.76.